The zero-order valence-corrected chi connectivity index (χ0v) is 12.3. The van der Waals surface area contributed by atoms with Crippen molar-refractivity contribution in [1.82, 2.24) is 0 Å². The smallest absolute Gasteiger partial charge is 0.108 e. The van der Waals surface area contributed by atoms with Crippen LogP contribution in [0.3, 0.4) is 0 Å². The zero-order chi connectivity index (χ0) is 14.7. The van der Waals surface area contributed by atoms with Gasteiger partial charge in [0.05, 0.1) is 0 Å². The van der Waals surface area contributed by atoms with Crippen molar-refractivity contribution in [1.29, 1.82) is 0 Å². The van der Waals surface area contributed by atoms with Gasteiger partial charge in [-0.3, -0.25) is 0 Å². The van der Waals surface area contributed by atoms with E-state index in [4.69, 9.17) is 4.42 Å². The molecule has 104 valence electrons. The molecule has 0 atom stereocenters. The largest absolute Gasteiger partial charge is 0.466 e. The van der Waals surface area contributed by atoms with Gasteiger partial charge in [0, 0.05) is 5.56 Å². The van der Waals surface area contributed by atoms with Crippen LogP contribution in [0.5, 0.6) is 0 Å². The van der Waals surface area contributed by atoms with E-state index in [1.807, 2.05) is 26.0 Å². The molecule has 0 fully saturated rings. The molecule has 0 aliphatic heterocycles. The first-order valence-electron chi connectivity index (χ1n) is 7.13. The lowest BCUT2D eigenvalue weighted by Crippen LogP contribution is -1.88. The van der Waals surface area contributed by atoms with E-state index in [0.717, 1.165) is 17.1 Å². The van der Waals surface area contributed by atoms with Crippen molar-refractivity contribution in [2.45, 2.75) is 13.8 Å². The van der Waals surface area contributed by atoms with Crippen LogP contribution in [0.15, 0.2) is 71.1 Å². The second-order valence-corrected chi connectivity index (χ2v) is 5.16. The molecule has 0 radical (unpaired) electrons. The molecule has 21 heavy (non-hydrogen) atoms. The van der Waals surface area contributed by atoms with Crippen LogP contribution in [0.2, 0.25) is 0 Å². The van der Waals surface area contributed by atoms with E-state index >= 15 is 0 Å². The number of aryl methyl sites for hydroxylation is 2. The highest BCUT2D eigenvalue weighted by Gasteiger charge is 2.12. The Morgan fingerprint density at radius 3 is 2.05 bits per heavy atom. The Balaban J connectivity index is 2.17. The highest BCUT2D eigenvalue weighted by atomic mass is 16.3. The van der Waals surface area contributed by atoms with Crippen LogP contribution in [0, 0.1) is 13.8 Å². The summed E-state index contributed by atoms with van der Waals surface area (Å²) in [5.41, 5.74) is 4.73. The van der Waals surface area contributed by atoms with Crippen molar-refractivity contribution in [3.8, 4) is 0 Å². The minimum absolute atomic E-state index is 0.942. The molecule has 1 heterocycles. The SMILES string of the molecule is Cc1cc(/C(=C\c2ccccc2)c2ccccc2)c(C)o1. The lowest BCUT2D eigenvalue weighted by Gasteiger charge is -2.07. The van der Waals surface area contributed by atoms with Gasteiger partial charge >= 0.3 is 0 Å². The second-order valence-electron chi connectivity index (χ2n) is 5.16. The maximum Gasteiger partial charge on any atom is 0.108 e. The van der Waals surface area contributed by atoms with E-state index in [1.165, 1.54) is 16.7 Å². The summed E-state index contributed by atoms with van der Waals surface area (Å²) >= 11 is 0. The molecule has 3 rings (SSSR count). The number of hydrogen-bond donors (Lipinski definition) is 0. The van der Waals surface area contributed by atoms with Crippen molar-refractivity contribution < 1.29 is 4.42 Å². The Morgan fingerprint density at radius 1 is 0.857 bits per heavy atom. The Morgan fingerprint density at radius 2 is 1.48 bits per heavy atom. The molecule has 3 aromatic rings. The second kappa shape index (κ2) is 5.84. The topological polar surface area (TPSA) is 13.1 Å². The third-order valence-corrected chi connectivity index (χ3v) is 3.53. The third-order valence-electron chi connectivity index (χ3n) is 3.53. The monoisotopic (exact) mass is 274 g/mol. The molecule has 0 aliphatic rings. The fourth-order valence-corrected chi connectivity index (χ4v) is 2.55. The average Bonchev–Trinajstić information content (AvgIpc) is 2.85. The van der Waals surface area contributed by atoms with Crippen molar-refractivity contribution in [2.24, 2.45) is 0 Å². The lowest BCUT2D eigenvalue weighted by atomic mass is 9.96. The maximum absolute atomic E-state index is 5.71. The molecule has 0 spiro atoms. The molecule has 0 N–H and O–H groups in total. The van der Waals surface area contributed by atoms with E-state index < -0.39 is 0 Å². The van der Waals surface area contributed by atoms with E-state index in [2.05, 4.69) is 60.7 Å². The van der Waals surface area contributed by atoms with Gasteiger partial charge in [0.15, 0.2) is 0 Å². The summed E-state index contributed by atoms with van der Waals surface area (Å²) in [5.74, 6) is 1.90. The lowest BCUT2D eigenvalue weighted by molar-refractivity contribution is 0.504. The van der Waals surface area contributed by atoms with Crippen LogP contribution in [0.4, 0.5) is 0 Å². The molecule has 0 bridgehead atoms. The van der Waals surface area contributed by atoms with Crippen LogP contribution >= 0.6 is 0 Å². The summed E-state index contributed by atoms with van der Waals surface area (Å²) < 4.78 is 5.71. The molecule has 1 heteroatoms. The fraction of sp³-hybridized carbons (Fsp3) is 0.100. The zero-order valence-electron chi connectivity index (χ0n) is 12.3. The Bertz CT molecular complexity index is 749. The van der Waals surface area contributed by atoms with Gasteiger partial charge in [0.1, 0.15) is 11.5 Å². The highest BCUT2D eigenvalue weighted by molar-refractivity contribution is 5.92. The van der Waals surface area contributed by atoms with Gasteiger partial charge in [-0.15, -0.1) is 0 Å². The molecule has 1 nitrogen and oxygen atoms in total. The molecule has 0 saturated carbocycles. The molecule has 0 unspecified atom stereocenters. The van der Waals surface area contributed by atoms with Crippen molar-refractivity contribution in [2.75, 3.05) is 0 Å². The summed E-state index contributed by atoms with van der Waals surface area (Å²) in [6, 6.07) is 22.9. The number of benzene rings is 2. The minimum Gasteiger partial charge on any atom is -0.466 e. The number of hydrogen-bond acceptors (Lipinski definition) is 1. The van der Waals surface area contributed by atoms with E-state index in [1.54, 1.807) is 0 Å². The average molecular weight is 274 g/mol. The van der Waals surface area contributed by atoms with E-state index in [-0.39, 0.29) is 0 Å². The van der Waals surface area contributed by atoms with Crippen LogP contribution < -0.4 is 0 Å². The van der Waals surface area contributed by atoms with Gasteiger partial charge in [-0.25, -0.2) is 0 Å². The first-order valence-corrected chi connectivity index (χ1v) is 7.13. The number of furan rings is 1. The first-order chi connectivity index (χ1) is 10.2. The molecule has 0 amide bonds. The summed E-state index contributed by atoms with van der Waals surface area (Å²) in [7, 11) is 0. The Kier molecular flexibility index (Phi) is 3.74. The Hall–Kier alpha value is -2.54. The van der Waals surface area contributed by atoms with Gasteiger partial charge < -0.3 is 4.42 Å². The normalized spacial score (nSPS) is 11.6. The van der Waals surface area contributed by atoms with Crippen molar-refractivity contribution >= 4 is 11.6 Å². The molecular weight excluding hydrogens is 256 g/mol. The predicted octanol–water partition coefficient (Wildman–Crippen LogP) is 5.49. The summed E-state index contributed by atoms with van der Waals surface area (Å²) in [6.45, 7) is 4.01. The molecule has 0 aliphatic carbocycles. The molecular formula is C20H18O. The van der Waals surface area contributed by atoms with Gasteiger partial charge in [0.25, 0.3) is 0 Å². The highest BCUT2D eigenvalue weighted by Crippen LogP contribution is 2.30. The van der Waals surface area contributed by atoms with Crippen LogP contribution in [-0.4, -0.2) is 0 Å². The van der Waals surface area contributed by atoms with Gasteiger partial charge in [-0.2, -0.15) is 0 Å². The Labute approximate surface area is 125 Å². The standard InChI is InChI=1S/C20H18O/c1-15-13-19(16(2)21-15)20(18-11-7-4-8-12-18)14-17-9-5-3-6-10-17/h3-14H,1-2H3/b20-14-. The van der Waals surface area contributed by atoms with Crippen molar-refractivity contribution in [3.05, 3.63) is 94.9 Å². The summed E-state index contributed by atoms with van der Waals surface area (Å²) in [4.78, 5) is 0. The fourth-order valence-electron chi connectivity index (χ4n) is 2.55. The molecule has 2 aromatic carbocycles. The van der Waals surface area contributed by atoms with Crippen LogP contribution in [0.25, 0.3) is 11.6 Å². The predicted molar refractivity (Wildman–Crippen MR) is 88.0 cm³/mol. The third kappa shape index (κ3) is 2.97. The molecule has 1 aromatic heterocycles. The molecule has 0 saturated heterocycles. The van der Waals surface area contributed by atoms with Crippen LogP contribution in [-0.2, 0) is 0 Å². The van der Waals surface area contributed by atoms with Gasteiger partial charge in [-0.05, 0) is 42.7 Å². The van der Waals surface area contributed by atoms with Gasteiger partial charge in [-0.1, -0.05) is 60.7 Å². The van der Waals surface area contributed by atoms with Gasteiger partial charge in [0.2, 0.25) is 0 Å². The quantitative estimate of drug-likeness (QED) is 0.576. The maximum atomic E-state index is 5.71. The summed E-state index contributed by atoms with van der Waals surface area (Å²) in [6.07, 6.45) is 2.21. The number of rotatable bonds is 3. The first kappa shape index (κ1) is 13.4. The minimum atomic E-state index is 0.942. The van der Waals surface area contributed by atoms with E-state index in [0.29, 0.717) is 0 Å². The summed E-state index contributed by atoms with van der Waals surface area (Å²) in [5, 5.41) is 0. The van der Waals surface area contributed by atoms with Crippen molar-refractivity contribution in [3.63, 3.8) is 0 Å². The van der Waals surface area contributed by atoms with Crippen LogP contribution in [0.1, 0.15) is 28.2 Å². The van der Waals surface area contributed by atoms with E-state index in [9.17, 15) is 0 Å².